The molecule has 5 nitrogen and oxygen atoms in total. The van der Waals surface area contributed by atoms with Crippen LogP contribution in [0.15, 0.2) is 33.9 Å². The highest BCUT2D eigenvalue weighted by Gasteiger charge is 2.16. The number of aromatic nitrogens is 3. The number of aryl methyl sites for hydroxylation is 3. The van der Waals surface area contributed by atoms with E-state index in [0.29, 0.717) is 11.1 Å². The Bertz CT molecular complexity index is 920. The van der Waals surface area contributed by atoms with Crippen molar-refractivity contribution in [3.05, 3.63) is 52.3 Å². The van der Waals surface area contributed by atoms with Gasteiger partial charge in [-0.25, -0.2) is 0 Å². The lowest BCUT2D eigenvalue weighted by molar-refractivity contribution is 0.102. The van der Waals surface area contributed by atoms with E-state index in [2.05, 4.69) is 16.3 Å². The van der Waals surface area contributed by atoms with E-state index in [1.54, 1.807) is 0 Å². The highest BCUT2D eigenvalue weighted by atomic mass is 32.2. The molecule has 2 aromatic heterocycles. The van der Waals surface area contributed by atoms with Gasteiger partial charge in [0, 0.05) is 29.6 Å². The fourth-order valence-corrected chi connectivity index (χ4v) is 3.47. The van der Waals surface area contributed by atoms with Crippen LogP contribution < -0.4 is 0 Å². The summed E-state index contributed by atoms with van der Waals surface area (Å²) in [6, 6.07) is 8.04. The first-order valence-corrected chi connectivity index (χ1v) is 9.05. The zero-order valence-electron chi connectivity index (χ0n) is 15.1. The maximum Gasteiger partial charge on any atom is 0.277 e. The monoisotopic (exact) mass is 355 g/mol. The Kier molecular flexibility index (Phi) is 4.81. The highest BCUT2D eigenvalue weighted by Crippen LogP contribution is 2.26. The smallest absolute Gasteiger partial charge is 0.277 e. The van der Waals surface area contributed by atoms with Crippen molar-refractivity contribution in [2.75, 3.05) is 5.75 Å². The average Bonchev–Trinajstić information content (AvgIpc) is 3.13. The van der Waals surface area contributed by atoms with Crippen LogP contribution in [0.2, 0.25) is 0 Å². The summed E-state index contributed by atoms with van der Waals surface area (Å²) in [7, 11) is 1.96. The third-order valence-corrected chi connectivity index (χ3v) is 5.10. The molecule has 0 aliphatic rings. The lowest BCUT2D eigenvalue weighted by Gasteiger charge is -2.01. The second-order valence-corrected chi connectivity index (χ2v) is 7.23. The summed E-state index contributed by atoms with van der Waals surface area (Å²) >= 11 is 1.27. The van der Waals surface area contributed by atoms with E-state index in [1.807, 2.05) is 57.5 Å². The Labute approximate surface area is 151 Å². The predicted molar refractivity (Wildman–Crippen MR) is 99.1 cm³/mol. The van der Waals surface area contributed by atoms with Gasteiger partial charge in [0.2, 0.25) is 5.89 Å². The number of Topliss-reactive ketones (excluding diaryl/α,β-unsaturated/α-hetero) is 1. The molecule has 0 bridgehead atoms. The van der Waals surface area contributed by atoms with E-state index >= 15 is 0 Å². The fourth-order valence-electron chi connectivity index (χ4n) is 2.83. The molecule has 0 aliphatic heterocycles. The van der Waals surface area contributed by atoms with Gasteiger partial charge in [-0.3, -0.25) is 4.79 Å². The topological polar surface area (TPSA) is 60.9 Å². The zero-order chi connectivity index (χ0) is 18.1. The lowest BCUT2D eigenvalue weighted by atomic mass is 10.1. The lowest BCUT2D eigenvalue weighted by Crippen LogP contribution is -2.04. The number of ketones is 1. The van der Waals surface area contributed by atoms with Crippen molar-refractivity contribution in [2.24, 2.45) is 7.05 Å². The third kappa shape index (κ3) is 3.69. The summed E-state index contributed by atoms with van der Waals surface area (Å²) in [5.41, 5.74) is 5.99. The standard InChI is InChI=1S/C19H21N3O2S/c1-11-6-12(2)8-15(7-11)18-20-21-19(24-18)25-10-17(23)16-9-13(3)22(5)14(16)4/h6-9H,10H2,1-5H3. The summed E-state index contributed by atoms with van der Waals surface area (Å²) in [5.74, 6) is 0.824. The Morgan fingerprint density at radius 1 is 1.08 bits per heavy atom. The molecule has 0 atom stereocenters. The molecule has 0 amide bonds. The van der Waals surface area contributed by atoms with Crippen LogP contribution in [0.3, 0.4) is 0 Å². The fraction of sp³-hybridized carbons (Fsp3) is 0.316. The third-order valence-electron chi connectivity index (χ3n) is 4.28. The number of nitrogens with zero attached hydrogens (tertiary/aromatic N) is 3. The molecule has 3 aromatic rings. The molecule has 0 radical (unpaired) electrons. The van der Waals surface area contributed by atoms with Crippen LogP contribution in [-0.2, 0) is 7.05 Å². The number of thioether (sulfide) groups is 1. The van der Waals surface area contributed by atoms with Gasteiger partial charge in [-0.05, 0) is 45.9 Å². The average molecular weight is 355 g/mol. The summed E-state index contributed by atoms with van der Waals surface area (Å²) < 4.78 is 7.73. The number of carbonyl (C=O) groups is 1. The number of benzene rings is 1. The van der Waals surface area contributed by atoms with Gasteiger partial charge in [0.05, 0.1) is 5.75 Å². The van der Waals surface area contributed by atoms with Crippen LogP contribution in [0.25, 0.3) is 11.5 Å². The molecule has 25 heavy (non-hydrogen) atoms. The SMILES string of the molecule is Cc1cc(C)cc(-c2nnc(SCC(=O)c3cc(C)n(C)c3C)o2)c1. The van der Waals surface area contributed by atoms with Gasteiger partial charge >= 0.3 is 0 Å². The van der Waals surface area contributed by atoms with Crippen LogP contribution in [-0.4, -0.2) is 26.3 Å². The molecule has 2 heterocycles. The van der Waals surface area contributed by atoms with E-state index in [0.717, 1.165) is 33.6 Å². The van der Waals surface area contributed by atoms with Crippen LogP contribution in [0.5, 0.6) is 0 Å². The first kappa shape index (κ1) is 17.5. The van der Waals surface area contributed by atoms with E-state index in [9.17, 15) is 4.79 Å². The molecular weight excluding hydrogens is 334 g/mol. The second-order valence-electron chi connectivity index (χ2n) is 6.31. The number of hydrogen-bond donors (Lipinski definition) is 0. The van der Waals surface area contributed by atoms with Gasteiger partial charge in [-0.15, -0.1) is 10.2 Å². The van der Waals surface area contributed by atoms with E-state index in [-0.39, 0.29) is 11.5 Å². The van der Waals surface area contributed by atoms with Crippen LogP contribution in [0.4, 0.5) is 0 Å². The molecule has 1 aromatic carbocycles. The molecule has 0 N–H and O–H groups in total. The molecule has 0 spiro atoms. The summed E-state index contributed by atoms with van der Waals surface area (Å²) in [5, 5.41) is 8.56. The van der Waals surface area contributed by atoms with Gasteiger partial charge < -0.3 is 8.98 Å². The maximum absolute atomic E-state index is 12.4. The van der Waals surface area contributed by atoms with E-state index in [4.69, 9.17) is 4.42 Å². The molecule has 0 saturated heterocycles. The van der Waals surface area contributed by atoms with E-state index < -0.39 is 0 Å². The van der Waals surface area contributed by atoms with Gasteiger partial charge in [0.15, 0.2) is 5.78 Å². The van der Waals surface area contributed by atoms with Crippen molar-refractivity contribution < 1.29 is 9.21 Å². The number of carbonyl (C=O) groups excluding carboxylic acids is 1. The van der Waals surface area contributed by atoms with Gasteiger partial charge in [0.25, 0.3) is 5.22 Å². The van der Waals surface area contributed by atoms with Crippen molar-refractivity contribution in [1.82, 2.24) is 14.8 Å². The minimum atomic E-state index is 0.0670. The Morgan fingerprint density at radius 2 is 1.76 bits per heavy atom. The van der Waals surface area contributed by atoms with Crippen molar-refractivity contribution >= 4 is 17.5 Å². The Balaban J connectivity index is 1.71. The van der Waals surface area contributed by atoms with Crippen molar-refractivity contribution in [2.45, 2.75) is 32.9 Å². The van der Waals surface area contributed by atoms with E-state index in [1.165, 1.54) is 11.8 Å². The Morgan fingerprint density at radius 3 is 2.36 bits per heavy atom. The van der Waals surface area contributed by atoms with Crippen LogP contribution in [0, 0.1) is 27.7 Å². The first-order valence-electron chi connectivity index (χ1n) is 8.06. The van der Waals surface area contributed by atoms with Crippen molar-refractivity contribution in [3.63, 3.8) is 0 Å². The quantitative estimate of drug-likeness (QED) is 0.505. The summed E-state index contributed by atoms with van der Waals surface area (Å²) in [6.45, 7) is 8.01. The van der Waals surface area contributed by atoms with Crippen molar-refractivity contribution in [3.8, 4) is 11.5 Å². The highest BCUT2D eigenvalue weighted by molar-refractivity contribution is 7.99. The zero-order valence-corrected chi connectivity index (χ0v) is 15.9. The van der Waals surface area contributed by atoms with Crippen molar-refractivity contribution in [1.29, 1.82) is 0 Å². The first-order chi connectivity index (χ1) is 11.8. The van der Waals surface area contributed by atoms with Gasteiger partial charge in [-0.2, -0.15) is 0 Å². The molecule has 0 saturated carbocycles. The van der Waals surface area contributed by atoms with Gasteiger partial charge in [0.1, 0.15) is 0 Å². The molecule has 0 fully saturated rings. The molecular formula is C19H21N3O2S. The number of rotatable bonds is 5. The normalized spacial score (nSPS) is 11.1. The van der Waals surface area contributed by atoms with Gasteiger partial charge in [-0.1, -0.05) is 29.0 Å². The minimum Gasteiger partial charge on any atom is -0.411 e. The maximum atomic E-state index is 12.4. The Hall–Kier alpha value is -2.34. The number of hydrogen-bond acceptors (Lipinski definition) is 5. The molecule has 0 aliphatic carbocycles. The molecule has 0 unspecified atom stereocenters. The molecule has 6 heteroatoms. The largest absolute Gasteiger partial charge is 0.411 e. The van der Waals surface area contributed by atoms with Crippen LogP contribution >= 0.6 is 11.8 Å². The predicted octanol–water partition coefficient (Wildman–Crippen LogP) is 4.28. The minimum absolute atomic E-state index is 0.0670. The summed E-state index contributed by atoms with van der Waals surface area (Å²) in [4.78, 5) is 12.4. The molecule has 130 valence electrons. The summed E-state index contributed by atoms with van der Waals surface area (Å²) in [6.07, 6.45) is 0. The van der Waals surface area contributed by atoms with Crippen LogP contribution in [0.1, 0.15) is 32.9 Å². The second kappa shape index (κ2) is 6.88. The molecule has 3 rings (SSSR count).